The number of carbonyl (C=O) groups excluding carboxylic acids is 2. The van der Waals surface area contributed by atoms with Crippen LogP contribution >= 0.6 is 0 Å². The van der Waals surface area contributed by atoms with Crippen LogP contribution in [0.15, 0.2) is 0 Å². The Labute approximate surface area is 93.4 Å². The van der Waals surface area contributed by atoms with Gasteiger partial charge in [-0.1, -0.05) is 0 Å². The van der Waals surface area contributed by atoms with E-state index in [0.29, 0.717) is 6.42 Å². The van der Waals surface area contributed by atoms with Crippen LogP contribution in [0.1, 0.15) is 19.8 Å². The van der Waals surface area contributed by atoms with E-state index < -0.39 is 17.8 Å². The Bertz CT molecular complexity index is 264. The summed E-state index contributed by atoms with van der Waals surface area (Å²) in [5.74, 6) is -2.09. The van der Waals surface area contributed by atoms with Gasteiger partial charge in [0.15, 0.2) is 0 Å². The Morgan fingerprint density at radius 3 is 1.94 bits per heavy atom. The Kier molecular flexibility index (Phi) is 6.09. The fourth-order valence-electron chi connectivity index (χ4n) is 1.28. The summed E-state index contributed by atoms with van der Waals surface area (Å²) in [5.41, 5.74) is 10.0. The number of aliphatic carboxylic acids is 1. The summed E-state index contributed by atoms with van der Waals surface area (Å²) >= 11 is 0. The number of hydrogen-bond acceptors (Lipinski definition) is 4. The van der Waals surface area contributed by atoms with Gasteiger partial charge < -0.3 is 16.6 Å². The van der Waals surface area contributed by atoms with Crippen LogP contribution in [0, 0.1) is 0 Å². The van der Waals surface area contributed by atoms with E-state index in [1.54, 1.807) is 6.92 Å². The Morgan fingerprint density at radius 2 is 1.62 bits per heavy atom. The lowest BCUT2D eigenvalue weighted by atomic mass is 10.1. The molecule has 7 heteroatoms. The van der Waals surface area contributed by atoms with Crippen molar-refractivity contribution < 1.29 is 19.5 Å². The summed E-state index contributed by atoms with van der Waals surface area (Å²) < 4.78 is 0. The highest BCUT2D eigenvalue weighted by molar-refractivity contribution is 5.79. The third-order valence-corrected chi connectivity index (χ3v) is 2.12. The molecule has 0 aliphatic rings. The van der Waals surface area contributed by atoms with Crippen molar-refractivity contribution >= 4 is 17.8 Å². The van der Waals surface area contributed by atoms with Gasteiger partial charge in [0.1, 0.15) is 0 Å². The van der Waals surface area contributed by atoms with Crippen LogP contribution in [0.4, 0.5) is 0 Å². The third-order valence-electron chi connectivity index (χ3n) is 2.12. The molecule has 7 nitrogen and oxygen atoms in total. The van der Waals surface area contributed by atoms with Crippen LogP contribution in [-0.4, -0.2) is 46.9 Å². The van der Waals surface area contributed by atoms with E-state index in [1.807, 2.05) is 0 Å². The quantitative estimate of drug-likeness (QED) is 0.469. The minimum absolute atomic E-state index is 0.0325. The second kappa shape index (κ2) is 6.78. The zero-order valence-electron chi connectivity index (χ0n) is 9.18. The Morgan fingerprint density at radius 1 is 1.19 bits per heavy atom. The van der Waals surface area contributed by atoms with E-state index >= 15 is 0 Å². The van der Waals surface area contributed by atoms with E-state index in [1.165, 1.54) is 4.90 Å². The first kappa shape index (κ1) is 14.4. The van der Waals surface area contributed by atoms with Crippen LogP contribution < -0.4 is 11.5 Å². The summed E-state index contributed by atoms with van der Waals surface area (Å²) in [6, 6.07) is -0.240. The van der Waals surface area contributed by atoms with Gasteiger partial charge in [0.25, 0.3) is 0 Å². The highest BCUT2D eigenvalue weighted by atomic mass is 16.4. The third kappa shape index (κ3) is 6.77. The second-order valence-electron chi connectivity index (χ2n) is 3.62. The van der Waals surface area contributed by atoms with Gasteiger partial charge in [-0.25, -0.2) is 0 Å². The smallest absolute Gasteiger partial charge is 0.303 e. The molecular weight excluding hydrogens is 214 g/mol. The summed E-state index contributed by atoms with van der Waals surface area (Å²) in [7, 11) is 0. The van der Waals surface area contributed by atoms with Crippen molar-refractivity contribution in [2.45, 2.75) is 25.8 Å². The van der Waals surface area contributed by atoms with Crippen LogP contribution in [-0.2, 0) is 14.4 Å². The molecule has 16 heavy (non-hydrogen) atoms. The lowest BCUT2D eigenvalue weighted by Gasteiger charge is -2.25. The van der Waals surface area contributed by atoms with E-state index in [9.17, 15) is 14.4 Å². The average molecular weight is 231 g/mol. The minimum atomic E-state index is -0.926. The molecule has 0 bridgehead atoms. The lowest BCUT2D eigenvalue weighted by Crippen LogP contribution is -2.44. The zero-order chi connectivity index (χ0) is 12.7. The molecule has 0 heterocycles. The second-order valence-corrected chi connectivity index (χ2v) is 3.62. The fourth-order valence-corrected chi connectivity index (χ4v) is 1.28. The van der Waals surface area contributed by atoms with Gasteiger partial charge in [-0.05, 0) is 13.3 Å². The largest absolute Gasteiger partial charge is 0.481 e. The van der Waals surface area contributed by atoms with E-state index in [2.05, 4.69) is 0 Å². The minimum Gasteiger partial charge on any atom is -0.481 e. The molecule has 0 aliphatic carbocycles. The first-order chi connectivity index (χ1) is 7.32. The monoisotopic (exact) mass is 231 g/mol. The molecule has 0 saturated carbocycles. The van der Waals surface area contributed by atoms with Crippen LogP contribution in [0.2, 0.25) is 0 Å². The summed E-state index contributed by atoms with van der Waals surface area (Å²) in [6.45, 7) is 1.50. The summed E-state index contributed by atoms with van der Waals surface area (Å²) in [6.07, 6.45) is 0.297. The number of nitrogens with two attached hydrogens (primary N) is 2. The standard InChI is InChI=1S/C9H17N3O4/c1-6(2-3-9(15)16)12(4-7(10)13)5-8(11)14/h6H,2-5H2,1H3,(H2,10,13)(H2,11,14)(H,15,16). The predicted molar refractivity (Wildman–Crippen MR) is 56.3 cm³/mol. The predicted octanol–water partition coefficient (Wildman–Crippen LogP) is -1.49. The van der Waals surface area contributed by atoms with Crippen molar-refractivity contribution in [3.63, 3.8) is 0 Å². The maximum absolute atomic E-state index is 10.7. The molecule has 1 unspecified atom stereocenters. The number of amides is 2. The van der Waals surface area contributed by atoms with Gasteiger partial charge in [-0.2, -0.15) is 0 Å². The molecule has 0 radical (unpaired) electrons. The summed E-state index contributed by atoms with van der Waals surface area (Å²) in [5, 5.41) is 8.51. The van der Waals surface area contributed by atoms with Crippen LogP contribution in [0.5, 0.6) is 0 Å². The van der Waals surface area contributed by atoms with Crippen molar-refractivity contribution in [3.8, 4) is 0 Å². The van der Waals surface area contributed by atoms with Crippen LogP contribution in [0.3, 0.4) is 0 Å². The van der Waals surface area contributed by atoms with Gasteiger partial charge in [0.05, 0.1) is 13.1 Å². The number of carbonyl (C=O) groups is 3. The average Bonchev–Trinajstić information content (AvgIpc) is 2.11. The maximum atomic E-state index is 10.7. The number of nitrogens with zero attached hydrogens (tertiary/aromatic N) is 1. The highest BCUT2D eigenvalue weighted by Crippen LogP contribution is 2.05. The number of carboxylic acids is 1. The van der Waals surface area contributed by atoms with Crippen molar-refractivity contribution in [3.05, 3.63) is 0 Å². The molecule has 5 N–H and O–H groups in total. The van der Waals surface area contributed by atoms with Crippen molar-refractivity contribution in [2.75, 3.05) is 13.1 Å². The van der Waals surface area contributed by atoms with E-state index in [4.69, 9.17) is 16.6 Å². The van der Waals surface area contributed by atoms with Gasteiger partial charge >= 0.3 is 5.97 Å². The molecule has 2 amide bonds. The first-order valence-electron chi connectivity index (χ1n) is 4.85. The first-order valence-corrected chi connectivity index (χ1v) is 4.85. The number of primary amides is 2. The van der Waals surface area contributed by atoms with Crippen molar-refractivity contribution in [2.24, 2.45) is 11.5 Å². The Hall–Kier alpha value is -1.63. The molecule has 0 aromatic carbocycles. The van der Waals surface area contributed by atoms with E-state index in [-0.39, 0.29) is 25.6 Å². The van der Waals surface area contributed by atoms with Gasteiger partial charge in [0, 0.05) is 12.5 Å². The van der Waals surface area contributed by atoms with Crippen molar-refractivity contribution in [1.82, 2.24) is 4.90 Å². The van der Waals surface area contributed by atoms with Crippen molar-refractivity contribution in [1.29, 1.82) is 0 Å². The molecule has 0 saturated heterocycles. The summed E-state index contributed by atoms with van der Waals surface area (Å²) in [4.78, 5) is 33.3. The molecule has 0 aromatic heterocycles. The molecular formula is C9H17N3O4. The fraction of sp³-hybridized carbons (Fsp3) is 0.667. The number of hydrogen-bond donors (Lipinski definition) is 3. The van der Waals surface area contributed by atoms with Gasteiger partial charge in [0.2, 0.25) is 11.8 Å². The van der Waals surface area contributed by atoms with Gasteiger partial charge in [-0.15, -0.1) is 0 Å². The topological polar surface area (TPSA) is 127 Å². The molecule has 0 fully saturated rings. The normalized spacial score (nSPS) is 12.4. The number of rotatable bonds is 8. The SMILES string of the molecule is CC(CCC(=O)O)N(CC(N)=O)CC(N)=O. The van der Waals surface area contributed by atoms with Crippen LogP contribution in [0.25, 0.3) is 0 Å². The molecule has 1 atom stereocenters. The molecule has 92 valence electrons. The Balaban J connectivity index is 4.30. The highest BCUT2D eigenvalue weighted by Gasteiger charge is 2.18. The zero-order valence-corrected chi connectivity index (χ0v) is 9.18. The molecule has 0 rings (SSSR count). The number of carboxylic acid groups (broad SMARTS) is 1. The van der Waals surface area contributed by atoms with E-state index in [0.717, 1.165) is 0 Å². The molecule has 0 aliphatic heterocycles. The lowest BCUT2D eigenvalue weighted by molar-refractivity contribution is -0.137. The van der Waals surface area contributed by atoms with Gasteiger partial charge in [-0.3, -0.25) is 19.3 Å². The molecule has 0 spiro atoms. The molecule has 0 aromatic rings. The maximum Gasteiger partial charge on any atom is 0.303 e.